The molecule has 0 aromatic heterocycles. The Morgan fingerprint density at radius 2 is 0.750 bits per heavy atom. The number of carboxylic acid groups (broad SMARTS) is 2. The number of carbonyl (C=O) groups is 6. The average Bonchev–Trinajstić information content (AvgIpc) is 2.34. The van der Waals surface area contributed by atoms with Gasteiger partial charge in [0, 0.05) is 27.7 Å². The SMILES string of the molecule is CC(=O)NC(C)=O.CC(=O)NC(C)=O.O=C(O)C(O)C(O)C(=O)O. The number of carbonyl (C=O) groups excluding carboxylic acids is 4. The lowest BCUT2D eigenvalue weighted by molar-refractivity contribution is -0.165. The third-order valence-electron chi connectivity index (χ3n) is 1.51. The number of imide groups is 2. The Morgan fingerprint density at radius 3 is 0.792 bits per heavy atom. The zero-order valence-electron chi connectivity index (χ0n) is 13.4. The molecular weight excluding hydrogens is 332 g/mol. The van der Waals surface area contributed by atoms with E-state index in [2.05, 4.69) is 0 Å². The molecule has 0 aromatic carbocycles. The number of aliphatic hydroxyl groups is 2. The first kappa shape index (κ1) is 26.1. The second kappa shape index (κ2) is 13.8. The molecule has 0 bridgehead atoms. The minimum Gasteiger partial charge on any atom is -0.479 e. The lowest BCUT2D eigenvalue weighted by Crippen LogP contribution is -2.39. The summed E-state index contributed by atoms with van der Waals surface area (Å²) in [5.74, 6) is -4.79. The van der Waals surface area contributed by atoms with Gasteiger partial charge in [-0.15, -0.1) is 0 Å². The predicted molar refractivity (Wildman–Crippen MR) is 76.3 cm³/mol. The van der Waals surface area contributed by atoms with Crippen LogP contribution in [0.15, 0.2) is 0 Å². The standard InChI is InChI=1S/2C4H7NO2.C4H6O6/c2*1-3(6)5-4(2)7;5-1(3(7)8)2(6)4(9)10/h2*1-2H3,(H,5,6,7);1-2,5-6H,(H,7,8)(H,9,10). The van der Waals surface area contributed by atoms with Crippen LogP contribution in [0.3, 0.4) is 0 Å². The summed E-state index contributed by atoms with van der Waals surface area (Å²) in [6.45, 7) is 5.17. The number of aliphatic hydroxyl groups excluding tert-OH is 2. The lowest BCUT2D eigenvalue weighted by atomic mass is 10.2. The molecule has 6 N–H and O–H groups in total. The lowest BCUT2D eigenvalue weighted by Gasteiger charge is -2.07. The van der Waals surface area contributed by atoms with E-state index in [4.69, 9.17) is 20.4 Å². The zero-order chi connectivity index (χ0) is 20.0. The second-order valence-corrected chi connectivity index (χ2v) is 4.04. The van der Waals surface area contributed by atoms with E-state index in [0.717, 1.165) is 0 Å². The molecule has 0 saturated heterocycles. The van der Waals surface area contributed by atoms with Crippen molar-refractivity contribution in [3.05, 3.63) is 0 Å². The predicted octanol–water partition coefficient (Wildman–Crippen LogP) is -2.78. The molecular formula is C12H20N2O10. The molecule has 0 saturated carbocycles. The Morgan fingerprint density at radius 1 is 0.583 bits per heavy atom. The largest absolute Gasteiger partial charge is 0.479 e. The molecule has 0 spiro atoms. The van der Waals surface area contributed by atoms with Crippen molar-refractivity contribution in [1.29, 1.82) is 0 Å². The van der Waals surface area contributed by atoms with Crippen LogP contribution < -0.4 is 10.6 Å². The summed E-state index contributed by atoms with van der Waals surface area (Å²) in [4.78, 5) is 59.2. The fourth-order valence-corrected chi connectivity index (χ4v) is 0.766. The summed E-state index contributed by atoms with van der Waals surface area (Å²) in [5, 5.41) is 36.6. The first-order valence-electron chi connectivity index (χ1n) is 6.10. The summed E-state index contributed by atoms with van der Waals surface area (Å²) in [6.07, 6.45) is -4.53. The summed E-state index contributed by atoms with van der Waals surface area (Å²) in [5.41, 5.74) is 0. The first-order valence-corrected chi connectivity index (χ1v) is 6.10. The van der Waals surface area contributed by atoms with Crippen LogP contribution in [0.25, 0.3) is 0 Å². The van der Waals surface area contributed by atoms with E-state index < -0.39 is 24.1 Å². The van der Waals surface area contributed by atoms with Crippen LogP contribution >= 0.6 is 0 Å². The van der Waals surface area contributed by atoms with Gasteiger partial charge in [-0.25, -0.2) is 9.59 Å². The third-order valence-corrected chi connectivity index (χ3v) is 1.51. The number of hydrogen-bond acceptors (Lipinski definition) is 8. The van der Waals surface area contributed by atoms with Gasteiger partial charge < -0.3 is 20.4 Å². The molecule has 138 valence electrons. The van der Waals surface area contributed by atoms with Crippen LogP contribution in [-0.2, 0) is 28.8 Å². The van der Waals surface area contributed by atoms with Crippen molar-refractivity contribution in [1.82, 2.24) is 10.6 Å². The van der Waals surface area contributed by atoms with Crippen molar-refractivity contribution < 1.29 is 49.2 Å². The van der Waals surface area contributed by atoms with Crippen molar-refractivity contribution >= 4 is 35.6 Å². The number of amides is 4. The van der Waals surface area contributed by atoms with Crippen molar-refractivity contribution in [2.75, 3.05) is 0 Å². The molecule has 0 radical (unpaired) electrons. The van der Waals surface area contributed by atoms with E-state index in [1.54, 1.807) is 0 Å². The summed E-state index contributed by atoms with van der Waals surface area (Å²) in [6, 6.07) is 0. The third kappa shape index (κ3) is 21.4. The van der Waals surface area contributed by atoms with E-state index in [-0.39, 0.29) is 23.6 Å². The smallest absolute Gasteiger partial charge is 0.335 e. The monoisotopic (exact) mass is 352 g/mol. The quantitative estimate of drug-likeness (QED) is 0.308. The normalized spacial score (nSPS) is 11.1. The van der Waals surface area contributed by atoms with Gasteiger partial charge >= 0.3 is 11.9 Å². The van der Waals surface area contributed by atoms with E-state index in [1.807, 2.05) is 10.6 Å². The van der Waals surface area contributed by atoms with Crippen LogP contribution in [-0.4, -0.2) is 68.2 Å². The van der Waals surface area contributed by atoms with Crippen LogP contribution in [0.2, 0.25) is 0 Å². The molecule has 4 amide bonds. The Hall–Kier alpha value is -2.86. The van der Waals surface area contributed by atoms with Crippen molar-refractivity contribution in [3.8, 4) is 0 Å². The van der Waals surface area contributed by atoms with Gasteiger partial charge in [-0.2, -0.15) is 0 Å². The van der Waals surface area contributed by atoms with E-state index >= 15 is 0 Å². The summed E-state index contributed by atoms with van der Waals surface area (Å²) >= 11 is 0. The maximum atomic E-state index is 9.92. The fraction of sp³-hybridized carbons (Fsp3) is 0.500. The Labute approximate surface area is 136 Å². The number of hydrogen-bond donors (Lipinski definition) is 6. The molecule has 24 heavy (non-hydrogen) atoms. The van der Waals surface area contributed by atoms with Crippen molar-refractivity contribution in [2.45, 2.75) is 39.9 Å². The molecule has 0 fully saturated rings. The highest BCUT2D eigenvalue weighted by Gasteiger charge is 2.29. The molecule has 0 aliphatic carbocycles. The van der Waals surface area contributed by atoms with Gasteiger partial charge in [0.2, 0.25) is 23.6 Å². The molecule has 0 rings (SSSR count). The summed E-state index contributed by atoms with van der Waals surface area (Å²) < 4.78 is 0. The first-order chi connectivity index (χ1) is 10.7. The highest BCUT2D eigenvalue weighted by Crippen LogP contribution is 1.92. The van der Waals surface area contributed by atoms with Gasteiger partial charge in [0.15, 0.2) is 12.2 Å². The Bertz CT molecular complexity index is 420. The average molecular weight is 352 g/mol. The number of rotatable bonds is 3. The molecule has 0 aromatic rings. The van der Waals surface area contributed by atoms with E-state index in [0.29, 0.717) is 0 Å². The number of nitrogens with one attached hydrogen (secondary N) is 2. The molecule has 0 aliphatic rings. The molecule has 0 heterocycles. The van der Waals surface area contributed by atoms with Crippen LogP contribution in [0.1, 0.15) is 27.7 Å². The van der Waals surface area contributed by atoms with E-state index in [9.17, 15) is 28.8 Å². The maximum absolute atomic E-state index is 9.92. The Balaban J connectivity index is -0.000000283. The number of aliphatic carboxylic acids is 2. The van der Waals surface area contributed by atoms with Crippen molar-refractivity contribution in [2.24, 2.45) is 0 Å². The van der Waals surface area contributed by atoms with Gasteiger partial charge in [0.1, 0.15) is 0 Å². The number of carboxylic acids is 2. The maximum Gasteiger partial charge on any atom is 0.335 e. The minimum absolute atomic E-state index is 0.312. The van der Waals surface area contributed by atoms with Gasteiger partial charge in [0.25, 0.3) is 0 Å². The van der Waals surface area contributed by atoms with Gasteiger partial charge in [-0.05, 0) is 0 Å². The molecule has 12 nitrogen and oxygen atoms in total. The highest BCUT2D eigenvalue weighted by atomic mass is 16.4. The van der Waals surface area contributed by atoms with Crippen molar-refractivity contribution in [3.63, 3.8) is 0 Å². The van der Waals surface area contributed by atoms with Gasteiger partial charge in [-0.1, -0.05) is 0 Å². The molecule has 0 aliphatic heterocycles. The van der Waals surface area contributed by atoms with E-state index in [1.165, 1.54) is 27.7 Å². The Kier molecular flexibility index (Phi) is 15.0. The summed E-state index contributed by atoms with van der Waals surface area (Å²) in [7, 11) is 0. The molecule has 2 unspecified atom stereocenters. The van der Waals surface area contributed by atoms with Gasteiger partial charge in [0.05, 0.1) is 0 Å². The topological polar surface area (TPSA) is 207 Å². The second-order valence-electron chi connectivity index (χ2n) is 4.04. The minimum atomic E-state index is -2.27. The highest BCUT2D eigenvalue weighted by molar-refractivity contribution is 5.93. The van der Waals surface area contributed by atoms with Gasteiger partial charge in [-0.3, -0.25) is 29.8 Å². The molecule has 2 atom stereocenters. The fourth-order valence-electron chi connectivity index (χ4n) is 0.766. The zero-order valence-corrected chi connectivity index (χ0v) is 13.4. The van der Waals surface area contributed by atoms with Crippen LogP contribution in [0, 0.1) is 0 Å². The molecule has 12 heteroatoms. The van der Waals surface area contributed by atoms with Crippen LogP contribution in [0.5, 0.6) is 0 Å². The van der Waals surface area contributed by atoms with Crippen LogP contribution in [0.4, 0.5) is 0 Å².